The molecule has 0 radical (unpaired) electrons. The smallest absolute Gasteiger partial charge is 0.109 e. The van der Waals surface area contributed by atoms with Gasteiger partial charge in [0.1, 0.15) is 7.14 Å². The van der Waals surface area contributed by atoms with E-state index in [9.17, 15) is 4.57 Å². The third-order valence-electron chi connectivity index (χ3n) is 4.83. The Labute approximate surface area is 143 Å². The molecule has 0 amide bonds. The molecule has 1 aliphatic carbocycles. The molecule has 120 valence electrons. The topological polar surface area (TPSA) is 17.1 Å². The highest BCUT2D eigenvalue weighted by Gasteiger charge is 2.16. The molecule has 24 heavy (non-hydrogen) atoms. The van der Waals surface area contributed by atoms with Crippen LogP contribution in [0.15, 0.2) is 60.7 Å². The number of hydrogen-bond donors (Lipinski definition) is 0. The van der Waals surface area contributed by atoms with Gasteiger partial charge < -0.3 is 4.57 Å². The quantitative estimate of drug-likeness (QED) is 0.549. The number of hydrogen-bond acceptors (Lipinski definition) is 1. The number of fused-ring (bicyclic) bond motifs is 2. The molecule has 4 rings (SSSR count). The summed E-state index contributed by atoms with van der Waals surface area (Å²) in [6, 6.07) is 19.2. The maximum Gasteiger partial charge on any atom is 0.109 e. The van der Waals surface area contributed by atoms with Crippen LogP contribution in [0.3, 0.4) is 0 Å². The largest absolute Gasteiger partial charge is 0.319 e. The predicted molar refractivity (Wildman–Crippen MR) is 106 cm³/mol. The molecule has 0 saturated carbocycles. The van der Waals surface area contributed by atoms with E-state index in [1.807, 2.05) is 25.5 Å². The lowest BCUT2D eigenvalue weighted by molar-refractivity contribution is 0.588. The monoisotopic (exact) mass is 332 g/mol. The van der Waals surface area contributed by atoms with E-state index in [-0.39, 0.29) is 0 Å². The Balaban J connectivity index is 1.99. The van der Waals surface area contributed by atoms with Gasteiger partial charge in [-0.2, -0.15) is 0 Å². The average Bonchev–Trinajstić information content (AvgIpc) is 2.59. The van der Waals surface area contributed by atoms with Crippen LogP contribution in [-0.4, -0.2) is 13.3 Å². The number of benzene rings is 3. The van der Waals surface area contributed by atoms with Crippen LogP contribution in [0.5, 0.6) is 0 Å². The van der Waals surface area contributed by atoms with Gasteiger partial charge in [-0.1, -0.05) is 60.7 Å². The van der Waals surface area contributed by atoms with Gasteiger partial charge in [0, 0.05) is 5.30 Å². The highest BCUT2D eigenvalue weighted by atomic mass is 31.2. The molecule has 3 aromatic rings. The summed E-state index contributed by atoms with van der Waals surface area (Å²) < 4.78 is 12.3. The zero-order valence-electron chi connectivity index (χ0n) is 14.1. The van der Waals surface area contributed by atoms with Gasteiger partial charge in [-0.3, -0.25) is 0 Å². The van der Waals surface area contributed by atoms with Crippen molar-refractivity contribution in [3.8, 4) is 11.1 Å². The van der Waals surface area contributed by atoms with Crippen LogP contribution < -0.4 is 5.30 Å². The second-order valence-corrected chi connectivity index (χ2v) is 10.1. The Morgan fingerprint density at radius 3 is 2.46 bits per heavy atom. The van der Waals surface area contributed by atoms with Crippen LogP contribution in [0.4, 0.5) is 0 Å². The van der Waals surface area contributed by atoms with E-state index in [1.54, 1.807) is 0 Å². The summed E-state index contributed by atoms with van der Waals surface area (Å²) >= 11 is 0. The molecule has 0 atom stereocenters. The first-order valence-electron chi connectivity index (χ1n) is 8.41. The maximum atomic E-state index is 12.3. The molecule has 0 bridgehead atoms. The van der Waals surface area contributed by atoms with Crippen molar-refractivity contribution in [3.05, 3.63) is 71.8 Å². The second-order valence-electron chi connectivity index (χ2n) is 6.88. The molecule has 2 heteroatoms. The van der Waals surface area contributed by atoms with Crippen molar-refractivity contribution in [2.75, 3.05) is 13.3 Å². The number of rotatable bonds is 2. The van der Waals surface area contributed by atoms with Gasteiger partial charge in [-0.05, 0) is 65.3 Å². The van der Waals surface area contributed by atoms with E-state index in [2.05, 4.69) is 54.6 Å². The van der Waals surface area contributed by atoms with Gasteiger partial charge >= 0.3 is 0 Å². The Morgan fingerprint density at radius 1 is 0.958 bits per heavy atom. The summed E-state index contributed by atoms with van der Waals surface area (Å²) in [6.45, 7) is 3.65. The minimum Gasteiger partial charge on any atom is -0.319 e. The van der Waals surface area contributed by atoms with E-state index in [1.165, 1.54) is 33.0 Å². The lowest BCUT2D eigenvalue weighted by Crippen LogP contribution is -2.03. The van der Waals surface area contributed by atoms with Gasteiger partial charge in [0.15, 0.2) is 0 Å². The highest BCUT2D eigenvalue weighted by Crippen LogP contribution is 2.39. The van der Waals surface area contributed by atoms with E-state index in [0.717, 1.165) is 18.1 Å². The molecule has 1 nitrogen and oxygen atoms in total. The predicted octanol–water partition coefficient (Wildman–Crippen LogP) is 5.71. The maximum absolute atomic E-state index is 12.3. The van der Waals surface area contributed by atoms with Gasteiger partial charge in [0.25, 0.3) is 0 Å². The average molecular weight is 332 g/mol. The van der Waals surface area contributed by atoms with Crippen LogP contribution in [0.1, 0.15) is 17.5 Å². The summed E-state index contributed by atoms with van der Waals surface area (Å²) in [6.07, 6.45) is 6.67. The first kappa shape index (κ1) is 15.4. The van der Waals surface area contributed by atoms with Crippen molar-refractivity contribution in [2.24, 2.45) is 0 Å². The summed E-state index contributed by atoms with van der Waals surface area (Å²) in [7, 11) is -2.21. The second kappa shape index (κ2) is 5.76. The first-order chi connectivity index (χ1) is 11.5. The fourth-order valence-corrected chi connectivity index (χ4v) is 4.45. The van der Waals surface area contributed by atoms with Gasteiger partial charge in [0.05, 0.1) is 0 Å². The molecule has 0 spiro atoms. The molecule has 0 saturated heterocycles. The Bertz CT molecular complexity index is 990. The first-order valence-corrected chi connectivity index (χ1v) is 11.0. The summed E-state index contributed by atoms with van der Waals surface area (Å²) in [4.78, 5) is 0. The third kappa shape index (κ3) is 2.64. The zero-order valence-corrected chi connectivity index (χ0v) is 15.0. The molecule has 0 N–H and O–H groups in total. The normalized spacial score (nSPS) is 13.9. The fourth-order valence-electron chi connectivity index (χ4n) is 3.58. The third-order valence-corrected chi connectivity index (χ3v) is 6.37. The van der Waals surface area contributed by atoms with Crippen LogP contribution in [0.2, 0.25) is 0 Å². The van der Waals surface area contributed by atoms with E-state index in [0.29, 0.717) is 0 Å². The molecule has 0 heterocycles. The van der Waals surface area contributed by atoms with Crippen LogP contribution >= 0.6 is 7.14 Å². The van der Waals surface area contributed by atoms with Crippen molar-refractivity contribution in [1.29, 1.82) is 0 Å². The van der Waals surface area contributed by atoms with Crippen molar-refractivity contribution in [2.45, 2.75) is 12.8 Å². The van der Waals surface area contributed by atoms with Gasteiger partial charge in [-0.15, -0.1) is 0 Å². The summed E-state index contributed by atoms with van der Waals surface area (Å²) in [5, 5.41) is 3.52. The Hall–Kier alpha value is -2.11. The summed E-state index contributed by atoms with van der Waals surface area (Å²) in [5.41, 5.74) is 5.31. The van der Waals surface area contributed by atoms with Gasteiger partial charge in [0.2, 0.25) is 0 Å². The zero-order chi connectivity index (χ0) is 16.7. The highest BCUT2D eigenvalue weighted by molar-refractivity contribution is 7.70. The van der Waals surface area contributed by atoms with Crippen LogP contribution in [-0.2, 0) is 11.0 Å². The van der Waals surface area contributed by atoms with Crippen molar-refractivity contribution >= 4 is 29.3 Å². The Kier molecular flexibility index (Phi) is 3.70. The standard InChI is InChI=1S/C22H21OP/c1-24(2,23)19-13-11-16(12-14-19)22-20-9-5-3-7-17(20)15-18-8-4-6-10-21(18)22/h3-5,7-9,11-15H,6,10H2,1-2H3. The SMILES string of the molecule is CP(C)(=O)c1ccc(-c2c3c(cc4ccccc24)C=CCC3)cc1. The molecule has 0 fully saturated rings. The Morgan fingerprint density at radius 2 is 1.71 bits per heavy atom. The van der Waals surface area contributed by atoms with E-state index < -0.39 is 7.14 Å². The molecule has 0 aromatic heterocycles. The van der Waals surface area contributed by atoms with Gasteiger partial charge in [-0.25, -0.2) is 0 Å². The molecule has 0 unspecified atom stereocenters. The molecule has 3 aromatic carbocycles. The minimum atomic E-state index is -2.21. The van der Waals surface area contributed by atoms with Crippen LogP contribution in [0.25, 0.3) is 28.0 Å². The van der Waals surface area contributed by atoms with E-state index >= 15 is 0 Å². The summed E-state index contributed by atoms with van der Waals surface area (Å²) in [5.74, 6) is 0. The van der Waals surface area contributed by atoms with Crippen molar-refractivity contribution in [1.82, 2.24) is 0 Å². The molecular weight excluding hydrogens is 311 g/mol. The van der Waals surface area contributed by atoms with Crippen molar-refractivity contribution in [3.63, 3.8) is 0 Å². The lowest BCUT2D eigenvalue weighted by Gasteiger charge is -2.19. The molecule has 0 aliphatic heterocycles. The van der Waals surface area contributed by atoms with Crippen LogP contribution in [0, 0.1) is 0 Å². The molecular formula is C22H21OP. The minimum absolute atomic E-state index is 0.945. The van der Waals surface area contributed by atoms with Crippen molar-refractivity contribution < 1.29 is 4.57 Å². The number of allylic oxidation sites excluding steroid dienone is 1. The fraction of sp³-hybridized carbons (Fsp3) is 0.182. The van der Waals surface area contributed by atoms with E-state index in [4.69, 9.17) is 0 Å². The molecule has 1 aliphatic rings. The lowest BCUT2D eigenvalue weighted by atomic mass is 9.85.